The Morgan fingerprint density at radius 3 is 2.50 bits per heavy atom. The molecule has 0 radical (unpaired) electrons. The van der Waals surface area contributed by atoms with Gasteiger partial charge < -0.3 is 16.4 Å². The molecule has 0 fully saturated rings. The highest BCUT2D eigenvalue weighted by molar-refractivity contribution is 5.86. The van der Waals surface area contributed by atoms with E-state index in [2.05, 4.69) is 10.6 Å². The van der Waals surface area contributed by atoms with Crippen LogP contribution in [-0.4, -0.2) is 25.0 Å². The van der Waals surface area contributed by atoms with Crippen LogP contribution in [0.5, 0.6) is 0 Å². The minimum atomic E-state index is -0.677. The van der Waals surface area contributed by atoms with Gasteiger partial charge in [-0.15, -0.1) is 0 Å². The number of carbonyl (C=O) groups is 2. The lowest BCUT2D eigenvalue weighted by Crippen LogP contribution is -2.47. The van der Waals surface area contributed by atoms with E-state index < -0.39 is 12.1 Å². The standard InChI is InChI=1S/C13H19N3O2/c1-15-12(17)11(16-13(14)18)9-5-8-10-6-3-2-4-7-10/h2-4,6-7,11H,5,8-9H2,1H3,(H,15,17)(H3,14,16,18). The molecular formula is C13H19N3O2. The van der Waals surface area contributed by atoms with Crippen LogP contribution in [0.15, 0.2) is 30.3 Å². The summed E-state index contributed by atoms with van der Waals surface area (Å²) < 4.78 is 0. The molecule has 18 heavy (non-hydrogen) atoms. The van der Waals surface area contributed by atoms with Crippen LogP contribution >= 0.6 is 0 Å². The molecule has 1 aromatic carbocycles. The number of benzene rings is 1. The predicted octanol–water partition coefficient (Wildman–Crippen LogP) is 0.792. The SMILES string of the molecule is CNC(=O)C(CCCc1ccccc1)NC(N)=O. The van der Waals surface area contributed by atoms with Crippen LogP contribution in [0.3, 0.4) is 0 Å². The lowest BCUT2D eigenvalue weighted by atomic mass is 10.0. The second-order valence-electron chi connectivity index (χ2n) is 4.05. The molecule has 0 heterocycles. The highest BCUT2D eigenvalue weighted by atomic mass is 16.2. The zero-order valence-corrected chi connectivity index (χ0v) is 10.5. The van der Waals surface area contributed by atoms with Gasteiger partial charge in [0, 0.05) is 7.05 Å². The van der Waals surface area contributed by atoms with Crippen molar-refractivity contribution in [3.63, 3.8) is 0 Å². The lowest BCUT2D eigenvalue weighted by molar-refractivity contribution is -0.122. The first kappa shape index (κ1) is 14.0. The van der Waals surface area contributed by atoms with Gasteiger partial charge in [0.1, 0.15) is 6.04 Å². The number of aryl methyl sites for hydroxylation is 1. The molecule has 1 unspecified atom stereocenters. The summed E-state index contributed by atoms with van der Waals surface area (Å²) in [6.45, 7) is 0. The molecule has 5 nitrogen and oxygen atoms in total. The van der Waals surface area contributed by atoms with Crippen molar-refractivity contribution in [2.45, 2.75) is 25.3 Å². The highest BCUT2D eigenvalue weighted by Crippen LogP contribution is 2.06. The molecule has 0 saturated carbocycles. The van der Waals surface area contributed by atoms with E-state index in [-0.39, 0.29) is 5.91 Å². The molecule has 1 rings (SSSR count). The minimum Gasteiger partial charge on any atom is -0.357 e. The number of nitrogens with two attached hydrogens (primary N) is 1. The predicted molar refractivity (Wildman–Crippen MR) is 70.0 cm³/mol. The van der Waals surface area contributed by atoms with Crippen molar-refractivity contribution >= 4 is 11.9 Å². The number of nitrogens with one attached hydrogen (secondary N) is 2. The first-order valence-corrected chi connectivity index (χ1v) is 5.95. The summed E-state index contributed by atoms with van der Waals surface area (Å²) in [7, 11) is 1.54. The van der Waals surface area contributed by atoms with Crippen LogP contribution in [-0.2, 0) is 11.2 Å². The van der Waals surface area contributed by atoms with Gasteiger partial charge in [-0.05, 0) is 24.8 Å². The summed E-state index contributed by atoms with van der Waals surface area (Å²) in [5.74, 6) is -0.220. The van der Waals surface area contributed by atoms with Crippen molar-refractivity contribution in [1.29, 1.82) is 0 Å². The molecule has 0 aliphatic rings. The molecule has 4 N–H and O–H groups in total. The Morgan fingerprint density at radius 1 is 1.28 bits per heavy atom. The third-order valence-corrected chi connectivity index (χ3v) is 2.68. The number of hydrogen-bond acceptors (Lipinski definition) is 2. The zero-order valence-electron chi connectivity index (χ0n) is 10.5. The van der Waals surface area contributed by atoms with Crippen molar-refractivity contribution in [3.05, 3.63) is 35.9 Å². The molecule has 1 aromatic rings. The average molecular weight is 249 g/mol. The summed E-state index contributed by atoms with van der Waals surface area (Å²) >= 11 is 0. The first-order chi connectivity index (χ1) is 8.63. The third kappa shape index (κ3) is 4.86. The fourth-order valence-corrected chi connectivity index (χ4v) is 1.77. The van der Waals surface area contributed by atoms with Gasteiger partial charge in [0.15, 0.2) is 0 Å². The van der Waals surface area contributed by atoms with Gasteiger partial charge in [0.25, 0.3) is 0 Å². The van der Waals surface area contributed by atoms with Crippen LogP contribution in [0.2, 0.25) is 0 Å². The van der Waals surface area contributed by atoms with Crippen molar-refractivity contribution in [3.8, 4) is 0 Å². The maximum Gasteiger partial charge on any atom is 0.312 e. The van der Waals surface area contributed by atoms with Gasteiger partial charge in [0.05, 0.1) is 0 Å². The second kappa shape index (κ2) is 7.32. The van der Waals surface area contributed by atoms with Gasteiger partial charge in [-0.2, -0.15) is 0 Å². The molecule has 3 amide bonds. The minimum absolute atomic E-state index is 0.220. The smallest absolute Gasteiger partial charge is 0.312 e. The molecule has 0 spiro atoms. The molecule has 1 atom stereocenters. The highest BCUT2D eigenvalue weighted by Gasteiger charge is 2.17. The van der Waals surface area contributed by atoms with Gasteiger partial charge in [-0.3, -0.25) is 4.79 Å². The molecule has 98 valence electrons. The molecule has 0 aromatic heterocycles. The van der Waals surface area contributed by atoms with E-state index in [0.29, 0.717) is 6.42 Å². The summed E-state index contributed by atoms with van der Waals surface area (Å²) in [5, 5.41) is 4.95. The van der Waals surface area contributed by atoms with Crippen molar-refractivity contribution in [2.24, 2.45) is 5.73 Å². The summed E-state index contributed by atoms with van der Waals surface area (Å²) in [6, 6.07) is 8.76. The Kier molecular flexibility index (Phi) is 5.70. The number of primary amides is 1. The Hall–Kier alpha value is -2.04. The van der Waals surface area contributed by atoms with E-state index >= 15 is 0 Å². The quantitative estimate of drug-likeness (QED) is 0.696. The normalized spacial score (nSPS) is 11.6. The summed E-state index contributed by atoms with van der Waals surface area (Å²) in [5.41, 5.74) is 6.25. The van der Waals surface area contributed by atoms with Gasteiger partial charge in [-0.1, -0.05) is 30.3 Å². The number of amides is 3. The average Bonchev–Trinajstić information content (AvgIpc) is 2.37. The monoisotopic (exact) mass is 249 g/mol. The van der Waals surface area contributed by atoms with E-state index in [1.165, 1.54) is 12.6 Å². The first-order valence-electron chi connectivity index (χ1n) is 5.95. The van der Waals surface area contributed by atoms with E-state index in [1.54, 1.807) is 0 Å². The third-order valence-electron chi connectivity index (χ3n) is 2.68. The van der Waals surface area contributed by atoms with E-state index in [0.717, 1.165) is 12.8 Å². The van der Waals surface area contributed by atoms with Crippen molar-refractivity contribution in [2.75, 3.05) is 7.05 Å². The maximum atomic E-state index is 11.5. The molecular weight excluding hydrogens is 230 g/mol. The van der Waals surface area contributed by atoms with E-state index in [1.807, 2.05) is 30.3 Å². The molecule has 0 bridgehead atoms. The Balaban J connectivity index is 2.42. The van der Waals surface area contributed by atoms with Crippen LogP contribution < -0.4 is 16.4 Å². The fourth-order valence-electron chi connectivity index (χ4n) is 1.77. The van der Waals surface area contributed by atoms with E-state index in [9.17, 15) is 9.59 Å². The molecule has 0 aliphatic heterocycles. The molecule has 5 heteroatoms. The van der Waals surface area contributed by atoms with Gasteiger partial charge in [-0.25, -0.2) is 4.79 Å². The number of hydrogen-bond donors (Lipinski definition) is 3. The molecule has 0 aliphatic carbocycles. The summed E-state index contributed by atoms with van der Waals surface area (Å²) in [6.07, 6.45) is 2.24. The Bertz CT molecular complexity index is 392. The number of carbonyl (C=O) groups excluding carboxylic acids is 2. The number of urea groups is 1. The fraction of sp³-hybridized carbons (Fsp3) is 0.385. The topological polar surface area (TPSA) is 84.2 Å². The Labute approximate surface area is 107 Å². The van der Waals surface area contributed by atoms with Crippen LogP contribution in [0.4, 0.5) is 4.79 Å². The summed E-state index contributed by atoms with van der Waals surface area (Å²) in [4.78, 5) is 22.3. The largest absolute Gasteiger partial charge is 0.357 e. The lowest BCUT2D eigenvalue weighted by Gasteiger charge is -2.15. The zero-order chi connectivity index (χ0) is 13.4. The van der Waals surface area contributed by atoms with E-state index in [4.69, 9.17) is 5.73 Å². The van der Waals surface area contributed by atoms with Crippen molar-refractivity contribution < 1.29 is 9.59 Å². The number of likely N-dealkylation sites (N-methyl/N-ethyl adjacent to an activating group) is 1. The van der Waals surface area contributed by atoms with Crippen molar-refractivity contribution in [1.82, 2.24) is 10.6 Å². The molecule has 0 saturated heterocycles. The van der Waals surface area contributed by atoms with Crippen LogP contribution in [0.25, 0.3) is 0 Å². The van der Waals surface area contributed by atoms with Gasteiger partial charge >= 0.3 is 6.03 Å². The second-order valence-corrected chi connectivity index (χ2v) is 4.05. The maximum absolute atomic E-state index is 11.5. The Morgan fingerprint density at radius 2 is 1.94 bits per heavy atom. The van der Waals surface area contributed by atoms with Crippen LogP contribution in [0.1, 0.15) is 18.4 Å². The van der Waals surface area contributed by atoms with Gasteiger partial charge in [0.2, 0.25) is 5.91 Å². The van der Waals surface area contributed by atoms with Crippen LogP contribution in [0, 0.1) is 0 Å². The number of rotatable bonds is 6.